The predicted octanol–water partition coefficient (Wildman–Crippen LogP) is 2.38. The van der Waals surface area contributed by atoms with E-state index in [1.54, 1.807) is 6.92 Å². The highest BCUT2D eigenvalue weighted by molar-refractivity contribution is 5.92. The molecule has 1 aromatic carbocycles. The summed E-state index contributed by atoms with van der Waals surface area (Å²) in [7, 11) is 0. The highest BCUT2D eigenvalue weighted by Gasteiger charge is 2.02. The number of aryl methyl sites for hydroxylation is 1. The molecule has 0 heterocycles. The molecule has 0 saturated carbocycles. The number of carbonyl (C=O) groups is 1. The summed E-state index contributed by atoms with van der Waals surface area (Å²) in [5, 5.41) is 5.58. The van der Waals surface area contributed by atoms with Crippen molar-refractivity contribution in [2.24, 2.45) is 5.11 Å². The van der Waals surface area contributed by atoms with E-state index in [2.05, 4.69) is 15.3 Å². The van der Waals surface area contributed by atoms with Crippen LogP contribution in [-0.4, -0.2) is 12.5 Å². The fourth-order valence-corrected chi connectivity index (χ4v) is 1.02. The van der Waals surface area contributed by atoms with Crippen LogP contribution in [-0.2, 0) is 4.79 Å². The smallest absolute Gasteiger partial charge is 0.230 e. The minimum atomic E-state index is -0.432. The molecule has 0 fully saturated rings. The van der Waals surface area contributed by atoms with Gasteiger partial charge in [0.05, 0.1) is 0 Å². The molecule has 5 nitrogen and oxygen atoms in total. The third-order valence-electron chi connectivity index (χ3n) is 1.72. The average Bonchev–Trinajstić information content (AvgIpc) is 2.20. The van der Waals surface area contributed by atoms with Gasteiger partial charge in [-0.3, -0.25) is 4.79 Å². The maximum Gasteiger partial charge on any atom is 0.230 e. The molecule has 0 spiro atoms. The van der Waals surface area contributed by atoms with E-state index in [-0.39, 0.29) is 12.4 Å². The molecule has 0 aliphatic rings. The molecule has 15 heavy (non-hydrogen) atoms. The van der Waals surface area contributed by atoms with E-state index < -0.39 is 5.91 Å². The third kappa shape index (κ3) is 3.28. The molecule has 1 rings (SSSR count). The fraction of sp³-hybridized carbons (Fsp3) is 0.222. The second-order valence-corrected chi connectivity index (χ2v) is 2.90. The molecule has 6 heteroatoms. The van der Waals surface area contributed by atoms with Crippen molar-refractivity contribution in [2.75, 3.05) is 11.9 Å². The number of hydrogen-bond acceptors (Lipinski definition) is 2. The Morgan fingerprint density at radius 2 is 2.40 bits per heavy atom. The largest absolute Gasteiger partial charge is 0.326 e. The van der Waals surface area contributed by atoms with Crippen LogP contribution in [0.25, 0.3) is 10.4 Å². The predicted molar refractivity (Wildman–Crippen MR) is 53.8 cm³/mol. The Labute approximate surface area is 85.5 Å². The highest BCUT2D eigenvalue weighted by atomic mass is 19.1. The second kappa shape index (κ2) is 4.97. The normalized spacial score (nSPS) is 9.20. The summed E-state index contributed by atoms with van der Waals surface area (Å²) in [6.45, 7) is 1.32. The summed E-state index contributed by atoms with van der Waals surface area (Å²) in [5.74, 6) is -0.762. The van der Waals surface area contributed by atoms with E-state index in [0.717, 1.165) is 0 Å². The molecule has 0 unspecified atom stereocenters. The van der Waals surface area contributed by atoms with Crippen LogP contribution in [0.4, 0.5) is 10.1 Å². The maximum absolute atomic E-state index is 12.9. The standard InChI is InChI=1S/C9H9FN4O/c1-6-4-7(2-3-8(6)10)13-9(15)5-12-14-11/h2-4H,5H2,1H3,(H,13,15). The van der Waals surface area contributed by atoms with Gasteiger partial charge in [-0.15, -0.1) is 0 Å². The zero-order valence-electron chi connectivity index (χ0n) is 8.07. The van der Waals surface area contributed by atoms with E-state index in [0.29, 0.717) is 11.3 Å². The number of halogens is 1. The van der Waals surface area contributed by atoms with Crippen molar-refractivity contribution >= 4 is 11.6 Å². The van der Waals surface area contributed by atoms with Crippen LogP contribution in [0, 0.1) is 12.7 Å². The molecule has 1 N–H and O–H groups in total. The summed E-state index contributed by atoms with van der Waals surface area (Å²) < 4.78 is 12.9. The lowest BCUT2D eigenvalue weighted by Gasteiger charge is -2.04. The van der Waals surface area contributed by atoms with E-state index >= 15 is 0 Å². The molecule has 1 aromatic rings. The van der Waals surface area contributed by atoms with Crippen LogP contribution in [0.2, 0.25) is 0 Å². The first-order chi connectivity index (χ1) is 7.13. The number of azide groups is 1. The van der Waals surface area contributed by atoms with Crippen molar-refractivity contribution in [1.29, 1.82) is 0 Å². The van der Waals surface area contributed by atoms with E-state index in [1.165, 1.54) is 18.2 Å². The lowest BCUT2D eigenvalue weighted by Crippen LogP contribution is -2.14. The first-order valence-electron chi connectivity index (χ1n) is 4.20. The van der Waals surface area contributed by atoms with Gasteiger partial charge in [-0.2, -0.15) is 0 Å². The Hall–Kier alpha value is -2.07. The number of hydrogen-bond donors (Lipinski definition) is 1. The first kappa shape index (κ1) is 11.0. The molecular weight excluding hydrogens is 199 g/mol. The van der Waals surface area contributed by atoms with E-state index in [4.69, 9.17) is 5.53 Å². The molecule has 0 atom stereocenters. The van der Waals surface area contributed by atoms with Gasteiger partial charge >= 0.3 is 0 Å². The molecule has 0 saturated heterocycles. The van der Waals surface area contributed by atoms with Gasteiger partial charge in [0.1, 0.15) is 12.4 Å². The lowest BCUT2D eigenvalue weighted by molar-refractivity contribution is -0.114. The highest BCUT2D eigenvalue weighted by Crippen LogP contribution is 2.13. The minimum absolute atomic E-state index is 0.271. The second-order valence-electron chi connectivity index (χ2n) is 2.90. The lowest BCUT2D eigenvalue weighted by atomic mass is 10.2. The molecule has 1 amide bonds. The Balaban J connectivity index is 2.68. The van der Waals surface area contributed by atoms with Gasteiger partial charge in [-0.1, -0.05) is 5.11 Å². The molecule has 0 aromatic heterocycles. The number of benzene rings is 1. The SMILES string of the molecule is Cc1cc(NC(=O)CN=[N+]=[N-])ccc1F. The quantitative estimate of drug-likeness (QED) is 0.462. The van der Waals surface area contributed by atoms with Crippen molar-refractivity contribution in [3.63, 3.8) is 0 Å². The van der Waals surface area contributed by atoms with E-state index in [9.17, 15) is 9.18 Å². The van der Waals surface area contributed by atoms with Crippen LogP contribution < -0.4 is 5.32 Å². The monoisotopic (exact) mass is 208 g/mol. The number of nitrogens with one attached hydrogen (secondary N) is 1. The summed E-state index contributed by atoms with van der Waals surface area (Å²) in [6, 6.07) is 4.21. The van der Waals surface area contributed by atoms with Gasteiger partial charge in [-0.25, -0.2) is 4.39 Å². The zero-order chi connectivity index (χ0) is 11.3. The molecule has 78 valence electrons. The van der Waals surface area contributed by atoms with Crippen molar-refractivity contribution in [3.8, 4) is 0 Å². The summed E-state index contributed by atoms with van der Waals surface area (Å²) in [6.07, 6.45) is 0. The van der Waals surface area contributed by atoms with Gasteiger partial charge in [0.2, 0.25) is 5.91 Å². The number of carbonyl (C=O) groups excluding carboxylic acids is 1. The molecule has 0 bridgehead atoms. The summed E-state index contributed by atoms with van der Waals surface area (Å²) in [4.78, 5) is 13.6. The van der Waals surface area contributed by atoms with Gasteiger partial charge in [0, 0.05) is 10.6 Å². The summed E-state index contributed by atoms with van der Waals surface area (Å²) in [5.41, 5.74) is 8.91. The third-order valence-corrected chi connectivity index (χ3v) is 1.72. The van der Waals surface area contributed by atoms with Crippen LogP contribution in [0.15, 0.2) is 23.3 Å². The summed E-state index contributed by atoms with van der Waals surface area (Å²) >= 11 is 0. The van der Waals surface area contributed by atoms with Crippen LogP contribution >= 0.6 is 0 Å². The number of nitrogens with zero attached hydrogens (tertiary/aromatic N) is 3. The fourth-order valence-electron chi connectivity index (χ4n) is 1.02. The number of anilines is 1. The Morgan fingerprint density at radius 3 is 3.00 bits per heavy atom. The zero-order valence-corrected chi connectivity index (χ0v) is 8.07. The molecule has 0 radical (unpaired) electrons. The Kier molecular flexibility index (Phi) is 3.65. The molecule has 0 aliphatic carbocycles. The van der Waals surface area contributed by atoms with Crippen molar-refractivity contribution < 1.29 is 9.18 Å². The minimum Gasteiger partial charge on any atom is -0.326 e. The van der Waals surface area contributed by atoms with Gasteiger partial charge < -0.3 is 5.32 Å². The van der Waals surface area contributed by atoms with Crippen molar-refractivity contribution in [3.05, 3.63) is 40.0 Å². The first-order valence-corrected chi connectivity index (χ1v) is 4.20. The van der Waals surface area contributed by atoms with Crippen LogP contribution in [0.3, 0.4) is 0 Å². The number of rotatable bonds is 3. The van der Waals surface area contributed by atoms with Crippen molar-refractivity contribution in [2.45, 2.75) is 6.92 Å². The Bertz CT molecular complexity index is 426. The topological polar surface area (TPSA) is 77.9 Å². The van der Waals surface area contributed by atoms with Crippen LogP contribution in [0.5, 0.6) is 0 Å². The Morgan fingerprint density at radius 1 is 1.67 bits per heavy atom. The van der Waals surface area contributed by atoms with Crippen LogP contribution in [0.1, 0.15) is 5.56 Å². The van der Waals surface area contributed by atoms with Crippen molar-refractivity contribution in [1.82, 2.24) is 0 Å². The maximum atomic E-state index is 12.9. The number of amides is 1. The van der Waals surface area contributed by atoms with Gasteiger partial charge in [-0.05, 0) is 36.2 Å². The average molecular weight is 208 g/mol. The molecule has 0 aliphatic heterocycles. The molecular formula is C9H9FN4O. The van der Waals surface area contributed by atoms with E-state index in [1.807, 2.05) is 0 Å². The van der Waals surface area contributed by atoms with Gasteiger partial charge in [0.25, 0.3) is 0 Å². The van der Waals surface area contributed by atoms with Gasteiger partial charge in [0.15, 0.2) is 0 Å².